The fraction of sp³-hybridized carbons (Fsp3) is 0.214. The lowest BCUT2D eigenvalue weighted by atomic mass is 10.2. The van der Waals surface area contributed by atoms with Gasteiger partial charge in [0.15, 0.2) is 0 Å². The van der Waals surface area contributed by atoms with Crippen molar-refractivity contribution in [3.8, 4) is 5.75 Å². The lowest BCUT2D eigenvalue weighted by Crippen LogP contribution is -2.14. The zero-order valence-corrected chi connectivity index (χ0v) is 14.0. The van der Waals surface area contributed by atoms with Crippen LogP contribution in [0.15, 0.2) is 39.3 Å². The average Bonchev–Trinajstić information content (AvgIpc) is 2.45. The van der Waals surface area contributed by atoms with Crippen molar-refractivity contribution < 1.29 is 9.13 Å². The largest absolute Gasteiger partial charge is 0.497 e. The summed E-state index contributed by atoms with van der Waals surface area (Å²) in [5.74, 6) is 0.322. The van der Waals surface area contributed by atoms with Gasteiger partial charge in [-0.2, -0.15) is 4.39 Å². The molecule has 0 atom stereocenters. The normalized spacial score (nSPS) is 10.6. The second-order valence-electron chi connectivity index (χ2n) is 4.14. The standard InChI is InChI=1S/C14H13Br2FN2O/c1-20-10-4-2-9(3-5-10)7-18-8-13-11(15)6-12(16)14(17)19-13/h2-6,18H,7-8H2,1H3. The molecule has 0 aliphatic carbocycles. The molecule has 0 aliphatic rings. The summed E-state index contributed by atoms with van der Waals surface area (Å²) in [5, 5.41) is 3.23. The molecule has 1 N–H and O–H groups in total. The topological polar surface area (TPSA) is 34.1 Å². The third-order valence-corrected chi connectivity index (χ3v) is 3.98. The van der Waals surface area contributed by atoms with Crippen LogP contribution < -0.4 is 10.1 Å². The van der Waals surface area contributed by atoms with Crippen molar-refractivity contribution in [1.82, 2.24) is 10.3 Å². The van der Waals surface area contributed by atoms with Gasteiger partial charge in [-0.3, -0.25) is 0 Å². The molecule has 6 heteroatoms. The van der Waals surface area contributed by atoms with Gasteiger partial charge >= 0.3 is 0 Å². The van der Waals surface area contributed by atoms with Crippen LogP contribution in [0, 0.1) is 5.95 Å². The minimum absolute atomic E-state index is 0.350. The van der Waals surface area contributed by atoms with Gasteiger partial charge in [0.05, 0.1) is 17.3 Å². The lowest BCUT2D eigenvalue weighted by Gasteiger charge is -2.08. The van der Waals surface area contributed by atoms with Crippen molar-refractivity contribution in [2.24, 2.45) is 0 Å². The summed E-state index contributed by atoms with van der Waals surface area (Å²) < 4.78 is 19.6. The van der Waals surface area contributed by atoms with Crippen LogP contribution in [-0.2, 0) is 13.1 Å². The van der Waals surface area contributed by atoms with Crippen molar-refractivity contribution in [3.63, 3.8) is 0 Å². The Hall–Kier alpha value is -0.980. The zero-order valence-electron chi connectivity index (χ0n) is 10.8. The molecule has 1 heterocycles. The molecular weight excluding hydrogens is 391 g/mol. The number of rotatable bonds is 5. The molecule has 0 aliphatic heterocycles. The van der Waals surface area contributed by atoms with Crippen molar-refractivity contribution in [3.05, 3.63) is 56.5 Å². The van der Waals surface area contributed by atoms with E-state index in [0.717, 1.165) is 15.8 Å². The number of aromatic nitrogens is 1. The second-order valence-corrected chi connectivity index (χ2v) is 5.85. The van der Waals surface area contributed by atoms with E-state index in [9.17, 15) is 4.39 Å². The molecule has 0 amide bonds. The molecule has 2 aromatic rings. The van der Waals surface area contributed by atoms with Crippen LogP contribution in [-0.4, -0.2) is 12.1 Å². The maximum Gasteiger partial charge on any atom is 0.227 e. The number of pyridine rings is 1. The molecule has 0 spiro atoms. The summed E-state index contributed by atoms with van der Waals surface area (Å²) in [6.45, 7) is 1.16. The van der Waals surface area contributed by atoms with E-state index in [1.807, 2.05) is 24.3 Å². The van der Waals surface area contributed by atoms with E-state index < -0.39 is 5.95 Å². The van der Waals surface area contributed by atoms with E-state index in [0.29, 0.717) is 23.3 Å². The Morgan fingerprint density at radius 2 is 1.85 bits per heavy atom. The van der Waals surface area contributed by atoms with Gasteiger partial charge in [0.25, 0.3) is 0 Å². The first-order valence-corrected chi connectivity index (χ1v) is 7.53. The van der Waals surface area contributed by atoms with Crippen LogP contribution in [0.1, 0.15) is 11.3 Å². The summed E-state index contributed by atoms with van der Waals surface area (Å²) in [7, 11) is 1.64. The molecular formula is C14H13Br2FN2O. The molecule has 0 saturated carbocycles. The second kappa shape index (κ2) is 7.15. The monoisotopic (exact) mass is 402 g/mol. The fourth-order valence-electron chi connectivity index (χ4n) is 1.67. The van der Waals surface area contributed by atoms with Gasteiger partial charge in [-0.25, -0.2) is 4.98 Å². The zero-order chi connectivity index (χ0) is 14.5. The van der Waals surface area contributed by atoms with Gasteiger partial charge in [-0.1, -0.05) is 12.1 Å². The first kappa shape index (κ1) is 15.4. The first-order chi connectivity index (χ1) is 9.60. The smallest absolute Gasteiger partial charge is 0.227 e. The Bertz CT molecular complexity index is 590. The van der Waals surface area contributed by atoms with E-state index in [1.54, 1.807) is 13.2 Å². The van der Waals surface area contributed by atoms with Gasteiger partial charge in [0.1, 0.15) is 5.75 Å². The Morgan fingerprint density at radius 3 is 2.50 bits per heavy atom. The minimum Gasteiger partial charge on any atom is -0.497 e. The third kappa shape index (κ3) is 4.01. The van der Waals surface area contributed by atoms with Gasteiger partial charge in [-0.15, -0.1) is 0 Å². The van der Waals surface area contributed by atoms with Crippen molar-refractivity contribution in [1.29, 1.82) is 0 Å². The molecule has 0 unspecified atom stereocenters. The highest BCUT2D eigenvalue weighted by molar-refractivity contribution is 9.11. The SMILES string of the molecule is COc1ccc(CNCc2nc(F)c(Br)cc2Br)cc1. The highest BCUT2D eigenvalue weighted by atomic mass is 79.9. The molecule has 3 nitrogen and oxygen atoms in total. The highest BCUT2D eigenvalue weighted by Crippen LogP contribution is 2.22. The van der Waals surface area contributed by atoms with Crippen LogP contribution in [0.2, 0.25) is 0 Å². The maximum absolute atomic E-state index is 13.4. The number of halogens is 3. The third-order valence-electron chi connectivity index (χ3n) is 2.74. The first-order valence-electron chi connectivity index (χ1n) is 5.94. The van der Waals surface area contributed by atoms with Crippen molar-refractivity contribution in [2.45, 2.75) is 13.1 Å². The fourth-order valence-corrected chi connectivity index (χ4v) is 2.75. The van der Waals surface area contributed by atoms with Gasteiger partial charge in [0, 0.05) is 17.6 Å². The molecule has 0 fully saturated rings. The highest BCUT2D eigenvalue weighted by Gasteiger charge is 2.07. The van der Waals surface area contributed by atoms with E-state index in [-0.39, 0.29) is 0 Å². The lowest BCUT2D eigenvalue weighted by molar-refractivity contribution is 0.414. The van der Waals surface area contributed by atoms with Crippen molar-refractivity contribution in [2.75, 3.05) is 7.11 Å². The molecule has 20 heavy (non-hydrogen) atoms. The minimum atomic E-state index is -0.505. The van der Waals surface area contributed by atoms with E-state index >= 15 is 0 Å². The summed E-state index contributed by atoms with van der Waals surface area (Å²) in [4.78, 5) is 3.89. The predicted molar refractivity (Wildman–Crippen MR) is 83.1 cm³/mol. The Balaban J connectivity index is 1.94. The average molecular weight is 404 g/mol. The number of hydrogen-bond donors (Lipinski definition) is 1. The van der Waals surface area contributed by atoms with Gasteiger partial charge < -0.3 is 10.1 Å². The molecule has 0 saturated heterocycles. The van der Waals surface area contributed by atoms with Crippen LogP contribution in [0.5, 0.6) is 5.75 Å². The van der Waals surface area contributed by atoms with Crippen LogP contribution in [0.25, 0.3) is 0 Å². The molecule has 106 valence electrons. The van der Waals surface area contributed by atoms with E-state index in [4.69, 9.17) is 4.74 Å². The summed E-state index contributed by atoms with van der Waals surface area (Å²) >= 11 is 6.47. The predicted octanol–water partition coefficient (Wildman–Crippen LogP) is 4.04. The molecule has 0 bridgehead atoms. The number of hydrogen-bond acceptors (Lipinski definition) is 3. The number of nitrogens with zero attached hydrogens (tertiary/aromatic N) is 1. The summed E-state index contributed by atoms with van der Waals surface area (Å²) in [6, 6.07) is 9.44. The quantitative estimate of drug-likeness (QED) is 0.765. The molecule has 1 aromatic heterocycles. The van der Waals surface area contributed by atoms with Crippen LogP contribution >= 0.6 is 31.9 Å². The van der Waals surface area contributed by atoms with Gasteiger partial charge in [0.2, 0.25) is 5.95 Å². The summed E-state index contributed by atoms with van der Waals surface area (Å²) in [5.41, 5.74) is 1.76. The number of benzene rings is 1. The Labute approximate surface area is 133 Å². The molecule has 1 aromatic carbocycles. The van der Waals surface area contributed by atoms with E-state index in [1.165, 1.54) is 0 Å². The number of methoxy groups -OCH3 is 1. The van der Waals surface area contributed by atoms with Crippen LogP contribution in [0.4, 0.5) is 4.39 Å². The molecule has 2 rings (SSSR count). The summed E-state index contributed by atoms with van der Waals surface area (Å²) in [6.07, 6.45) is 0. The maximum atomic E-state index is 13.4. The Morgan fingerprint density at radius 1 is 1.15 bits per heavy atom. The van der Waals surface area contributed by atoms with Crippen molar-refractivity contribution >= 4 is 31.9 Å². The molecule has 0 radical (unpaired) electrons. The van der Waals surface area contributed by atoms with E-state index in [2.05, 4.69) is 42.2 Å². The Kier molecular flexibility index (Phi) is 5.51. The number of ether oxygens (including phenoxy) is 1. The van der Waals surface area contributed by atoms with Crippen LogP contribution in [0.3, 0.4) is 0 Å². The number of nitrogens with one attached hydrogen (secondary N) is 1. The van der Waals surface area contributed by atoms with Gasteiger partial charge in [-0.05, 0) is 55.6 Å².